The van der Waals surface area contributed by atoms with Gasteiger partial charge in [-0.3, -0.25) is 0 Å². The number of aliphatic hydroxyl groups is 1. The number of nitriles is 1. The molecule has 0 aliphatic carbocycles. The first-order chi connectivity index (χ1) is 3.72. The van der Waals surface area contributed by atoms with E-state index in [4.69, 9.17) is 10.4 Å². The summed E-state index contributed by atoms with van der Waals surface area (Å²) < 4.78 is 0. The quantitative estimate of drug-likeness (QED) is 0.508. The molecule has 0 heterocycles. The van der Waals surface area contributed by atoms with Crippen LogP contribution in [0.15, 0.2) is 0 Å². The summed E-state index contributed by atoms with van der Waals surface area (Å²) in [6.45, 7) is 1.57. The van der Waals surface area contributed by atoms with Crippen LogP contribution in [0.5, 0.6) is 0 Å². The lowest BCUT2D eigenvalue weighted by molar-refractivity contribution is 0.171. The van der Waals surface area contributed by atoms with Gasteiger partial charge in [-0.25, -0.2) is 0 Å². The molecule has 0 aromatic heterocycles. The summed E-state index contributed by atoms with van der Waals surface area (Å²) in [5.74, 6) is 0. The van der Waals surface area contributed by atoms with Gasteiger partial charge in [-0.15, -0.1) is 0 Å². The van der Waals surface area contributed by atoms with Gasteiger partial charge < -0.3 is 10.4 Å². The lowest BCUT2D eigenvalue weighted by atomic mass is 10.2. The Morgan fingerprint density at radius 3 is 2.25 bits per heavy atom. The molecule has 0 aromatic rings. The highest BCUT2D eigenvalue weighted by atomic mass is 16.3. The highest BCUT2D eigenvalue weighted by Gasteiger charge is 2.08. The van der Waals surface area contributed by atoms with Gasteiger partial charge in [-0.05, 0) is 14.0 Å². The zero-order valence-electron chi connectivity index (χ0n) is 5.05. The van der Waals surface area contributed by atoms with E-state index < -0.39 is 12.1 Å². The van der Waals surface area contributed by atoms with Crippen LogP contribution >= 0.6 is 0 Å². The van der Waals surface area contributed by atoms with Gasteiger partial charge in [0.05, 0.1) is 12.2 Å². The van der Waals surface area contributed by atoms with Crippen molar-refractivity contribution in [2.45, 2.75) is 19.1 Å². The Morgan fingerprint density at radius 2 is 2.25 bits per heavy atom. The van der Waals surface area contributed by atoms with Crippen molar-refractivity contribution in [1.82, 2.24) is 5.32 Å². The second kappa shape index (κ2) is 3.42. The molecule has 3 heteroatoms. The van der Waals surface area contributed by atoms with Gasteiger partial charge in [0.1, 0.15) is 6.04 Å². The van der Waals surface area contributed by atoms with Crippen molar-refractivity contribution in [3.8, 4) is 6.07 Å². The van der Waals surface area contributed by atoms with Crippen LogP contribution < -0.4 is 5.32 Å². The molecule has 0 fully saturated rings. The van der Waals surface area contributed by atoms with E-state index in [0.29, 0.717) is 0 Å². The molecule has 0 rings (SSSR count). The third kappa shape index (κ3) is 1.92. The summed E-state index contributed by atoms with van der Waals surface area (Å²) in [5.41, 5.74) is 0. The zero-order chi connectivity index (χ0) is 6.57. The summed E-state index contributed by atoms with van der Waals surface area (Å²) in [6.07, 6.45) is -0.593. The number of likely N-dealkylation sites (N-methyl/N-ethyl adjacent to an activating group) is 1. The van der Waals surface area contributed by atoms with Crippen molar-refractivity contribution in [3.63, 3.8) is 0 Å². The SMILES string of the molecule is CNC(C#N)C(C)O. The van der Waals surface area contributed by atoms with E-state index in [0.717, 1.165) is 0 Å². The van der Waals surface area contributed by atoms with E-state index in [1.165, 1.54) is 0 Å². The van der Waals surface area contributed by atoms with Gasteiger partial charge in [0.15, 0.2) is 0 Å². The second-order valence-electron chi connectivity index (χ2n) is 1.64. The molecule has 0 aliphatic rings. The minimum Gasteiger partial charge on any atom is -0.391 e. The molecule has 0 aromatic carbocycles. The van der Waals surface area contributed by atoms with E-state index in [2.05, 4.69) is 5.32 Å². The van der Waals surface area contributed by atoms with Crippen LogP contribution in [0.1, 0.15) is 6.92 Å². The number of nitrogens with one attached hydrogen (secondary N) is 1. The second-order valence-corrected chi connectivity index (χ2v) is 1.64. The van der Waals surface area contributed by atoms with Crippen LogP contribution in [-0.4, -0.2) is 24.3 Å². The Bertz CT molecular complexity index is 95.1. The van der Waals surface area contributed by atoms with E-state index in [9.17, 15) is 0 Å². The summed E-state index contributed by atoms with van der Waals surface area (Å²) in [6, 6.07) is 1.45. The maximum atomic E-state index is 8.73. The maximum Gasteiger partial charge on any atom is 0.121 e. The fourth-order valence-corrected chi connectivity index (χ4v) is 0.414. The molecule has 0 radical (unpaired) electrons. The molecule has 46 valence electrons. The number of rotatable bonds is 2. The van der Waals surface area contributed by atoms with Gasteiger partial charge in [0.2, 0.25) is 0 Å². The number of hydrogen-bond acceptors (Lipinski definition) is 3. The molecule has 0 spiro atoms. The highest BCUT2D eigenvalue weighted by molar-refractivity contribution is 4.92. The van der Waals surface area contributed by atoms with E-state index in [1.54, 1.807) is 14.0 Å². The number of aliphatic hydroxyl groups excluding tert-OH is 1. The average molecular weight is 114 g/mol. The van der Waals surface area contributed by atoms with Gasteiger partial charge in [0.25, 0.3) is 0 Å². The van der Waals surface area contributed by atoms with Crippen LogP contribution in [0.4, 0.5) is 0 Å². The van der Waals surface area contributed by atoms with Crippen LogP contribution in [0.3, 0.4) is 0 Å². The Morgan fingerprint density at radius 1 is 1.75 bits per heavy atom. The topological polar surface area (TPSA) is 56.0 Å². The Labute approximate surface area is 48.9 Å². The highest BCUT2D eigenvalue weighted by Crippen LogP contribution is 1.86. The third-order valence-electron chi connectivity index (χ3n) is 0.932. The molecule has 0 saturated carbocycles. The van der Waals surface area contributed by atoms with Crippen molar-refractivity contribution in [2.75, 3.05) is 7.05 Å². The largest absolute Gasteiger partial charge is 0.391 e. The van der Waals surface area contributed by atoms with E-state index in [-0.39, 0.29) is 0 Å². The molecule has 3 nitrogen and oxygen atoms in total. The first-order valence-electron chi connectivity index (χ1n) is 2.47. The first kappa shape index (κ1) is 7.41. The van der Waals surface area contributed by atoms with Crippen molar-refractivity contribution in [3.05, 3.63) is 0 Å². The lowest BCUT2D eigenvalue weighted by Crippen LogP contribution is -2.33. The van der Waals surface area contributed by atoms with Crippen molar-refractivity contribution in [1.29, 1.82) is 5.26 Å². The molecular formula is C5H10N2O. The van der Waals surface area contributed by atoms with Gasteiger partial charge in [-0.1, -0.05) is 0 Å². The normalized spacial score (nSPS) is 16.8. The van der Waals surface area contributed by atoms with E-state index in [1.807, 2.05) is 6.07 Å². The molecule has 8 heavy (non-hydrogen) atoms. The smallest absolute Gasteiger partial charge is 0.121 e. The number of nitrogens with zero attached hydrogens (tertiary/aromatic N) is 1. The molecule has 2 N–H and O–H groups in total. The van der Waals surface area contributed by atoms with Crippen LogP contribution in [0.2, 0.25) is 0 Å². The molecule has 0 bridgehead atoms. The monoisotopic (exact) mass is 114 g/mol. The summed E-state index contributed by atoms with van der Waals surface area (Å²) in [7, 11) is 1.64. The minimum absolute atomic E-state index is 0.435. The molecule has 0 amide bonds. The van der Waals surface area contributed by atoms with Crippen LogP contribution in [0, 0.1) is 11.3 Å². The van der Waals surface area contributed by atoms with Gasteiger partial charge in [-0.2, -0.15) is 5.26 Å². The Balaban J connectivity index is 3.57. The van der Waals surface area contributed by atoms with Crippen LogP contribution in [-0.2, 0) is 0 Å². The van der Waals surface area contributed by atoms with Crippen molar-refractivity contribution in [2.24, 2.45) is 0 Å². The van der Waals surface area contributed by atoms with Crippen molar-refractivity contribution < 1.29 is 5.11 Å². The maximum absolute atomic E-state index is 8.73. The number of hydrogen-bond donors (Lipinski definition) is 2. The minimum atomic E-state index is -0.593. The van der Waals surface area contributed by atoms with Crippen LogP contribution in [0.25, 0.3) is 0 Å². The molecule has 0 aliphatic heterocycles. The fraction of sp³-hybridized carbons (Fsp3) is 0.800. The summed E-state index contributed by atoms with van der Waals surface area (Å²) >= 11 is 0. The zero-order valence-corrected chi connectivity index (χ0v) is 5.05. The lowest BCUT2D eigenvalue weighted by Gasteiger charge is -2.08. The van der Waals surface area contributed by atoms with Gasteiger partial charge in [0, 0.05) is 0 Å². The Kier molecular flexibility index (Phi) is 3.16. The molecular weight excluding hydrogens is 104 g/mol. The molecule has 2 atom stereocenters. The summed E-state index contributed by atoms with van der Waals surface area (Å²) in [4.78, 5) is 0. The molecule has 2 unspecified atom stereocenters. The predicted molar refractivity (Wildman–Crippen MR) is 30.1 cm³/mol. The predicted octanol–water partition coefficient (Wildman–Crippen LogP) is -0.521. The Hall–Kier alpha value is -0.590. The first-order valence-corrected chi connectivity index (χ1v) is 2.47. The van der Waals surface area contributed by atoms with Crippen molar-refractivity contribution >= 4 is 0 Å². The third-order valence-corrected chi connectivity index (χ3v) is 0.932. The standard InChI is InChI=1S/C5H10N2O/c1-4(8)5(3-6)7-2/h4-5,7-8H,1-2H3. The van der Waals surface area contributed by atoms with Gasteiger partial charge >= 0.3 is 0 Å². The average Bonchev–Trinajstić information content (AvgIpc) is 1.69. The van der Waals surface area contributed by atoms with E-state index >= 15 is 0 Å². The summed E-state index contributed by atoms with van der Waals surface area (Å²) in [5, 5.41) is 19.6. The fourth-order valence-electron chi connectivity index (χ4n) is 0.414. The molecule has 0 saturated heterocycles.